The molecule has 1 N–H and O–H groups in total. The maximum atomic E-state index is 12.7. The topological polar surface area (TPSA) is 70.1 Å². The molecule has 21 heavy (non-hydrogen) atoms. The predicted molar refractivity (Wildman–Crippen MR) is 78.1 cm³/mol. The third-order valence-electron chi connectivity index (χ3n) is 4.38. The summed E-state index contributed by atoms with van der Waals surface area (Å²) in [7, 11) is 0. The van der Waals surface area contributed by atoms with Crippen LogP contribution >= 0.6 is 0 Å². The Balaban J connectivity index is 2.06. The molecule has 1 unspecified atom stereocenters. The molecule has 1 atom stereocenters. The van der Waals surface area contributed by atoms with Gasteiger partial charge in [-0.15, -0.1) is 0 Å². The number of hydrogen-bond donors (Lipinski definition) is 1. The summed E-state index contributed by atoms with van der Waals surface area (Å²) < 4.78 is 5.49. The maximum absolute atomic E-state index is 12.7. The van der Waals surface area contributed by atoms with Crippen molar-refractivity contribution in [1.82, 2.24) is 9.80 Å². The van der Waals surface area contributed by atoms with E-state index in [4.69, 9.17) is 9.84 Å². The van der Waals surface area contributed by atoms with Crippen LogP contribution in [0.25, 0.3) is 0 Å². The fraction of sp³-hybridized carbons (Fsp3) is 0.867. The molecule has 1 amide bonds. The van der Waals surface area contributed by atoms with Crippen LogP contribution in [-0.2, 0) is 14.3 Å². The molecule has 1 aliphatic carbocycles. The zero-order chi connectivity index (χ0) is 15.2. The van der Waals surface area contributed by atoms with Gasteiger partial charge in [0.25, 0.3) is 0 Å². The SMILES string of the molecule is CCCN(CC(=O)O)C(=O)C1COCCN1C1CCCC1. The Kier molecular flexibility index (Phi) is 5.99. The van der Waals surface area contributed by atoms with Gasteiger partial charge in [0, 0.05) is 19.1 Å². The summed E-state index contributed by atoms with van der Waals surface area (Å²) in [4.78, 5) is 27.4. The fourth-order valence-corrected chi connectivity index (χ4v) is 3.41. The highest BCUT2D eigenvalue weighted by molar-refractivity contribution is 5.85. The number of rotatable bonds is 6. The van der Waals surface area contributed by atoms with Gasteiger partial charge in [-0.2, -0.15) is 0 Å². The Morgan fingerprint density at radius 3 is 2.67 bits per heavy atom. The first-order valence-electron chi connectivity index (χ1n) is 7.97. The molecule has 0 aromatic carbocycles. The van der Waals surface area contributed by atoms with Crippen LogP contribution < -0.4 is 0 Å². The van der Waals surface area contributed by atoms with Gasteiger partial charge in [-0.25, -0.2) is 0 Å². The number of amides is 1. The van der Waals surface area contributed by atoms with Crippen LogP contribution in [0.1, 0.15) is 39.0 Å². The summed E-state index contributed by atoms with van der Waals surface area (Å²) in [5.41, 5.74) is 0. The summed E-state index contributed by atoms with van der Waals surface area (Å²) in [5.74, 6) is -1.05. The second-order valence-corrected chi connectivity index (χ2v) is 5.92. The molecule has 0 aromatic rings. The van der Waals surface area contributed by atoms with E-state index in [1.54, 1.807) is 0 Å². The van der Waals surface area contributed by atoms with Crippen molar-refractivity contribution in [3.8, 4) is 0 Å². The molecule has 0 spiro atoms. The maximum Gasteiger partial charge on any atom is 0.323 e. The molecule has 1 aliphatic heterocycles. The normalized spacial score (nSPS) is 24.1. The molecule has 2 rings (SSSR count). The van der Waals surface area contributed by atoms with Gasteiger partial charge in [0.1, 0.15) is 12.6 Å². The van der Waals surface area contributed by atoms with Crippen molar-refractivity contribution in [1.29, 1.82) is 0 Å². The summed E-state index contributed by atoms with van der Waals surface area (Å²) in [5, 5.41) is 9.00. The molecule has 1 saturated heterocycles. The second kappa shape index (κ2) is 7.75. The first-order valence-corrected chi connectivity index (χ1v) is 7.97. The number of ether oxygens (including phenoxy) is 1. The third-order valence-corrected chi connectivity index (χ3v) is 4.38. The van der Waals surface area contributed by atoms with Gasteiger partial charge in [0.05, 0.1) is 13.2 Å². The van der Waals surface area contributed by atoms with Gasteiger partial charge in [-0.1, -0.05) is 19.8 Å². The quantitative estimate of drug-likeness (QED) is 0.790. The minimum atomic E-state index is -0.957. The highest BCUT2D eigenvalue weighted by atomic mass is 16.5. The Hall–Kier alpha value is -1.14. The molecule has 0 bridgehead atoms. The third kappa shape index (κ3) is 4.17. The fourth-order valence-electron chi connectivity index (χ4n) is 3.41. The highest BCUT2D eigenvalue weighted by Crippen LogP contribution is 2.27. The average molecular weight is 298 g/mol. The molecule has 6 nitrogen and oxygen atoms in total. The zero-order valence-electron chi connectivity index (χ0n) is 12.8. The lowest BCUT2D eigenvalue weighted by Gasteiger charge is -2.40. The minimum Gasteiger partial charge on any atom is -0.480 e. The van der Waals surface area contributed by atoms with Gasteiger partial charge in [-0.3, -0.25) is 14.5 Å². The molecular formula is C15H26N2O4. The van der Waals surface area contributed by atoms with Gasteiger partial charge >= 0.3 is 5.97 Å². The lowest BCUT2D eigenvalue weighted by Crippen LogP contribution is -2.58. The van der Waals surface area contributed by atoms with E-state index in [-0.39, 0.29) is 18.5 Å². The van der Waals surface area contributed by atoms with E-state index in [0.717, 1.165) is 25.8 Å². The summed E-state index contributed by atoms with van der Waals surface area (Å²) in [6, 6.07) is 0.143. The van der Waals surface area contributed by atoms with Crippen molar-refractivity contribution in [2.75, 3.05) is 32.8 Å². The van der Waals surface area contributed by atoms with E-state index in [1.807, 2.05) is 6.92 Å². The zero-order valence-corrected chi connectivity index (χ0v) is 12.8. The predicted octanol–water partition coefficient (Wildman–Crippen LogP) is 0.953. The lowest BCUT2D eigenvalue weighted by atomic mass is 10.1. The van der Waals surface area contributed by atoms with Crippen molar-refractivity contribution in [3.05, 3.63) is 0 Å². The van der Waals surface area contributed by atoms with E-state index in [0.29, 0.717) is 25.8 Å². The van der Waals surface area contributed by atoms with Crippen LogP contribution in [0.15, 0.2) is 0 Å². The lowest BCUT2D eigenvalue weighted by molar-refractivity contribution is -0.151. The smallest absolute Gasteiger partial charge is 0.323 e. The molecule has 120 valence electrons. The first-order chi connectivity index (χ1) is 10.1. The largest absolute Gasteiger partial charge is 0.480 e. The Morgan fingerprint density at radius 2 is 2.05 bits per heavy atom. The number of nitrogens with zero attached hydrogens (tertiary/aromatic N) is 2. The standard InChI is InChI=1S/C15H26N2O4/c1-2-7-16(10-14(18)19)15(20)13-11-21-9-8-17(13)12-5-3-4-6-12/h12-13H,2-11H2,1H3,(H,18,19). The molecular weight excluding hydrogens is 272 g/mol. The van der Waals surface area contributed by atoms with Crippen molar-refractivity contribution >= 4 is 11.9 Å². The highest BCUT2D eigenvalue weighted by Gasteiger charge is 2.37. The van der Waals surface area contributed by atoms with Gasteiger partial charge in [-0.05, 0) is 19.3 Å². The number of aliphatic carboxylic acids is 1. The van der Waals surface area contributed by atoms with Crippen molar-refractivity contribution in [2.45, 2.75) is 51.1 Å². The Morgan fingerprint density at radius 1 is 1.33 bits per heavy atom. The van der Waals surface area contributed by atoms with E-state index < -0.39 is 5.97 Å². The summed E-state index contributed by atoms with van der Waals surface area (Å²) >= 11 is 0. The van der Waals surface area contributed by atoms with Crippen LogP contribution in [0.2, 0.25) is 0 Å². The molecule has 0 aromatic heterocycles. The van der Waals surface area contributed by atoms with E-state index >= 15 is 0 Å². The number of carboxylic acid groups (broad SMARTS) is 1. The number of morpholine rings is 1. The number of carbonyl (C=O) groups is 2. The molecule has 6 heteroatoms. The van der Waals surface area contributed by atoms with Gasteiger partial charge in [0.2, 0.25) is 5.91 Å². The van der Waals surface area contributed by atoms with Crippen molar-refractivity contribution in [2.24, 2.45) is 0 Å². The minimum absolute atomic E-state index is 0.0918. The molecule has 2 fully saturated rings. The molecule has 2 aliphatic rings. The van der Waals surface area contributed by atoms with Crippen molar-refractivity contribution < 1.29 is 19.4 Å². The van der Waals surface area contributed by atoms with Gasteiger partial charge < -0.3 is 14.7 Å². The number of carbonyl (C=O) groups excluding carboxylic acids is 1. The number of carboxylic acids is 1. The Bertz CT molecular complexity index is 369. The number of hydrogen-bond acceptors (Lipinski definition) is 4. The summed E-state index contributed by atoms with van der Waals surface area (Å²) in [6.07, 6.45) is 5.47. The van der Waals surface area contributed by atoms with Gasteiger partial charge in [0.15, 0.2) is 0 Å². The van der Waals surface area contributed by atoms with E-state index in [2.05, 4.69) is 4.90 Å². The Labute approximate surface area is 126 Å². The van der Waals surface area contributed by atoms with Crippen LogP contribution in [0.3, 0.4) is 0 Å². The van der Waals surface area contributed by atoms with E-state index in [9.17, 15) is 9.59 Å². The van der Waals surface area contributed by atoms with Crippen LogP contribution in [0.4, 0.5) is 0 Å². The monoisotopic (exact) mass is 298 g/mol. The van der Waals surface area contributed by atoms with Crippen LogP contribution in [0, 0.1) is 0 Å². The van der Waals surface area contributed by atoms with E-state index in [1.165, 1.54) is 17.7 Å². The van der Waals surface area contributed by atoms with Crippen molar-refractivity contribution in [3.63, 3.8) is 0 Å². The molecule has 1 saturated carbocycles. The van der Waals surface area contributed by atoms with Crippen LogP contribution in [0.5, 0.6) is 0 Å². The first kappa shape index (κ1) is 16.2. The molecule has 1 heterocycles. The molecule has 0 radical (unpaired) electrons. The summed E-state index contributed by atoms with van der Waals surface area (Å²) in [6.45, 7) is 4.03. The second-order valence-electron chi connectivity index (χ2n) is 5.92. The average Bonchev–Trinajstić information content (AvgIpc) is 3.00. The van der Waals surface area contributed by atoms with Crippen LogP contribution in [-0.4, -0.2) is 71.7 Å².